The molecule has 0 aromatic heterocycles. The zero-order valence-corrected chi connectivity index (χ0v) is 14.7. The van der Waals surface area contributed by atoms with Gasteiger partial charge in [0.1, 0.15) is 0 Å². The van der Waals surface area contributed by atoms with Crippen molar-refractivity contribution >= 4 is 33.4 Å². The van der Waals surface area contributed by atoms with Crippen LogP contribution in [0.15, 0.2) is 22.7 Å². The molecule has 0 bridgehead atoms. The third-order valence-corrected chi connectivity index (χ3v) is 5.14. The van der Waals surface area contributed by atoms with E-state index in [0.29, 0.717) is 29.6 Å². The van der Waals surface area contributed by atoms with Gasteiger partial charge < -0.3 is 10.6 Å². The Kier molecular flexibility index (Phi) is 6.08. The first-order valence-corrected chi connectivity index (χ1v) is 8.71. The zero-order valence-electron chi connectivity index (χ0n) is 12.3. The quantitative estimate of drug-likeness (QED) is 0.864. The Labute approximate surface area is 140 Å². The smallest absolute Gasteiger partial charge is 0.255 e. The van der Waals surface area contributed by atoms with Crippen LogP contribution < -0.4 is 5.73 Å². The van der Waals surface area contributed by atoms with E-state index in [4.69, 9.17) is 17.3 Å². The second kappa shape index (κ2) is 7.61. The summed E-state index contributed by atoms with van der Waals surface area (Å²) < 4.78 is 0.879. The van der Waals surface area contributed by atoms with Gasteiger partial charge in [-0.1, -0.05) is 40.4 Å². The maximum atomic E-state index is 12.9. The summed E-state index contributed by atoms with van der Waals surface area (Å²) in [6, 6.07) is 5.65. The maximum absolute atomic E-state index is 12.9. The molecule has 5 heteroatoms. The van der Waals surface area contributed by atoms with E-state index in [9.17, 15) is 4.79 Å². The molecular weight excluding hydrogens is 352 g/mol. The summed E-state index contributed by atoms with van der Waals surface area (Å²) in [6.07, 6.45) is 4.52. The van der Waals surface area contributed by atoms with E-state index in [0.717, 1.165) is 17.3 Å². The summed E-state index contributed by atoms with van der Waals surface area (Å²) in [5.74, 6) is 0.414. The molecule has 1 amide bonds. The molecular formula is C16H22BrClN2O. The van der Waals surface area contributed by atoms with Crippen molar-refractivity contribution in [3.05, 3.63) is 33.3 Å². The van der Waals surface area contributed by atoms with Crippen molar-refractivity contribution in [2.75, 3.05) is 13.1 Å². The van der Waals surface area contributed by atoms with Crippen molar-refractivity contribution in [3.8, 4) is 0 Å². The molecule has 0 heterocycles. The van der Waals surface area contributed by atoms with Gasteiger partial charge in [0, 0.05) is 17.1 Å². The van der Waals surface area contributed by atoms with Crippen LogP contribution in [0.2, 0.25) is 5.02 Å². The molecule has 0 spiro atoms. The topological polar surface area (TPSA) is 46.3 Å². The number of carbonyl (C=O) groups is 1. The lowest BCUT2D eigenvalue weighted by molar-refractivity contribution is 0.0560. The Morgan fingerprint density at radius 1 is 1.43 bits per heavy atom. The van der Waals surface area contributed by atoms with Crippen LogP contribution in [0.25, 0.3) is 0 Å². The molecule has 1 aromatic carbocycles. The number of nitrogens with zero attached hydrogens (tertiary/aromatic N) is 1. The third kappa shape index (κ3) is 3.79. The number of hydrogen-bond donors (Lipinski definition) is 1. The van der Waals surface area contributed by atoms with Crippen molar-refractivity contribution in [2.45, 2.75) is 38.6 Å². The fourth-order valence-electron chi connectivity index (χ4n) is 3.22. The van der Waals surface area contributed by atoms with Crippen molar-refractivity contribution in [3.63, 3.8) is 0 Å². The fraction of sp³-hybridized carbons (Fsp3) is 0.562. The van der Waals surface area contributed by atoms with Crippen LogP contribution in [0.1, 0.15) is 43.0 Å². The molecule has 3 nitrogen and oxygen atoms in total. The highest BCUT2D eigenvalue weighted by atomic mass is 79.9. The second-order valence-corrected chi connectivity index (χ2v) is 6.89. The molecule has 0 saturated heterocycles. The Morgan fingerprint density at radius 3 is 2.76 bits per heavy atom. The first kappa shape index (κ1) is 16.8. The average molecular weight is 374 g/mol. The molecule has 1 saturated carbocycles. The number of amides is 1. The van der Waals surface area contributed by atoms with Crippen molar-refractivity contribution in [1.82, 2.24) is 4.90 Å². The number of hydrogen-bond acceptors (Lipinski definition) is 2. The fourth-order valence-corrected chi connectivity index (χ4v) is 3.97. The van der Waals surface area contributed by atoms with Crippen LogP contribution in [0.5, 0.6) is 0 Å². The SMILES string of the molecule is CCN(C(=O)c1ccc(Br)cc1Cl)C1CCCCC1CN. The maximum Gasteiger partial charge on any atom is 0.255 e. The van der Waals surface area contributed by atoms with Gasteiger partial charge in [0.05, 0.1) is 10.6 Å². The molecule has 116 valence electrons. The first-order chi connectivity index (χ1) is 10.1. The van der Waals surface area contributed by atoms with Gasteiger partial charge in [0.2, 0.25) is 0 Å². The summed E-state index contributed by atoms with van der Waals surface area (Å²) in [5.41, 5.74) is 6.48. The minimum absolute atomic E-state index is 0.0142. The zero-order chi connectivity index (χ0) is 15.4. The number of carbonyl (C=O) groups excluding carboxylic acids is 1. The summed E-state index contributed by atoms with van der Waals surface area (Å²) in [6.45, 7) is 3.35. The standard InChI is InChI=1S/C16H22BrClN2O/c1-2-20(15-6-4-3-5-11(15)10-19)16(21)13-8-7-12(17)9-14(13)18/h7-9,11,15H,2-6,10,19H2,1H3. The number of halogens is 2. The largest absolute Gasteiger partial charge is 0.336 e. The highest BCUT2D eigenvalue weighted by Gasteiger charge is 2.32. The van der Waals surface area contributed by atoms with Crippen LogP contribution in [-0.4, -0.2) is 29.9 Å². The van der Waals surface area contributed by atoms with Gasteiger partial charge >= 0.3 is 0 Å². The molecule has 21 heavy (non-hydrogen) atoms. The van der Waals surface area contributed by atoms with E-state index in [1.54, 1.807) is 12.1 Å². The van der Waals surface area contributed by atoms with Crippen molar-refractivity contribution in [1.29, 1.82) is 0 Å². The van der Waals surface area contributed by atoms with Gasteiger partial charge in [0.25, 0.3) is 5.91 Å². The third-order valence-electron chi connectivity index (χ3n) is 4.34. The predicted octanol–water partition coefficient (Wildman–Crippen LogP) is 4.08. The number of nitrogens with two attached hydrogens (primary N) is 1. The van der Waals surface area contributed by atoms with Crippen molar-refractivity contribution in [2.24, 2.45) is 11.7 Å². The van der Waals surface area contributed by atoms with E-state index in [1.165, 1.54) is 12.8 Å². The van der Waals surface area contributed by atoms with E-state index >= 15 is 0 Å². The van der Waals surface area contributed by atoms with Gasteiger partial charge in [-0.05, 0) is 50.4 Å². The Hall–Kier alpha value is -0.580. The lowest BCUT2D eigenvalue weighted by Gasteiger charge is -2.39. The minimum atomic E-state index is 0.0142. The molecule has 2 atom stereocenters. The highest BCUT2D eigenvalue weighted by molar-refractivity contribution is 9.10. The van der Waals surface area contributed by atoms with Gasteiger partial charge in [-0.25, -0.2) is 0 Å². The highest BCUT2D eigenvalue weighted by Crippen LogP contribution is 2.30. The number of rotatable bonds is 4. The summed E-state index contributed by atoms with van der Waals surface area (Å²) >= 11 is 9.60. The lowest BCUT2D eigenvalue weighted by Crippen LogP contribution is -2.48. The van der Waals surface area contributed by atoms with Gasteiger partial charge in [0.15, 0.2) is 0 Å². The second-order valence-electron chi connectivity index (χ2n) is 5.56. The Balaban J connectivity index is 2.25. The van der Waals surface area contributed by atoms with Gasteiger partial charge in [-0.15, -0.1) is 0 Å². The van der Waals surface area contributed by atoms with Gasteiger partial charge in [-0.2, -0.15) is 0 Å². The molecule has 1 aromatic rings. The van der Waals surface area contributed by atoms with Crippen LogP contribution >= 0.6 is 27.5 Å². The molecule has 1 fully saturated rings. The minimum Gasteiger partial charge on any atom is -0.336 e. The van der Waals surface area contributed by atoms with Crippen LogP contribution in [-0.2, 0) is 0 Å². The molecule has 1 aliphatic rings. The molecule has 2 unspecified atom stereocenters. The van der Waals surface area contributed by atoms with E-state index in [2.05, 4.69) is 15.9 Å². The van der Waals surface area contributed by atoms with Crippen molar-refractivity contribution < 1.29 is 4.79 Å². The van der Waals surface area contributed by atoms with Crippen LogP contribution in [0.3, 0.4) is 0 Å². The Morgan fingerprint density at radius 2 is 2.14 bits per heavy atom. The van der Waals surface area contributed by atoms with Crippen LogP contribution in [0, 0.1) is 5.92 Å². The average Bonchev–Trinajstić information content (AvgIpc) is 2.48. The lowest BCUT2D eigenvalue weighted by atomic mass is 9.83. The molecule has 1 aliphatic carbocycles. The monoisotopic (exact) mass is 372 g/mol. The van der Waals surface area contributed by atoms with E-state index in [1.807, 2.05) is 17.9 Å². The molecule has 0 radical (unpaired) electrons. The summed E-state index contributed by atoms with van der Waals surface area (Å²) in [5, 5.41) is 0.493. The van der Waals surface area contributed by atoms with Crippen LogP contribution in [0.4, 0.5) is 0 Å². The molecule has 0 aliphatic heterocycles. The summed E-state index contributed by atoms with van der Waals surface area (Å²) in [7, 11) is 0. The molecule has 2 N–H and O–H groups in total. The van der Waals surface area contributed by atoms with E-state index in [-0.39, 0.29) is 11.9 Å². The normalized spacial score (nSPS) is 22.1. The van der Waals surface area contributed by atoms with Gasteiger partial charge in [-0.3, -0.25) is 4.79 Å². The number of benzene rings is 1. The summed E-state index contributed by atoms with van der Waals surface area (Å²) in [4.78, 5) is 14.8. The van der Waals surface area contributed by atoms with E-state index < -0.39 is 0 Å². The first-order valence-electron chi connectivity index (χ1n) is 7.54. The Bertz CT molecular complexity index is 509. The molecule has 2 rings (SSSR count). The predicted molar refractivity (Wildman–Crippen MR) is 90.7 cm³/mol.